The van der Waals surface area contributed by atoms with Gasteiger partial charge < -0.3 is 9.47 Å². The molecule has 0 heterocycles. The summed E-state index contributed by atoms with van der Waals surface area (Å²) in [6.07, 6.45) is 4.13. The van der Waals surface area contributed by atoms with Gasteiger partial charge in [0.1, 0.15) is 11.5 Å². The largest absolute Gasteiger partial charge is 0.497 e. The average Bonchev–Trinajstić information content (AvgIpc) is 3.01. The van der Waals surface area contributed by atoms with Gasteiger partial charge in [0.05, 0.1) is 19.8 Å². The Balaban J connectivity index is 1.56. The summed E-state index contributed by atoms with van der Waals surface area (Å²) in [6.45, 7) is 0.631. The molecule has 2 saturated carbocycles. The molecule has 2 fully saturated rings. The van der Waals surface area contributed by atoms with E-state index in [1.165, 1.54) is 0 Å². The molecular formula is C16H20O3. The van der Waals surface area contributed by atoms with Crippen LogP contribution in [0.4, 0.5) is 0 Å². The first-order chi connectivity index (χ1) is 9.28. The number of hydrogen-bond acceptors (Lipinski definition) is 3. The number of hydrogen-bond donors (Lipinski definition) is 0. The molecule has 0 amide bonds. The van der Waals surface area contributed by atoms with Gasteiger partial charge in [-0.05, 0) is 42.9 Å². The van der Waals surface area contributed by atoms with Crippen LogP contribution >= 0.6 is 0 Å². The van der Waals surface area contributed by atoms with E-state index in [1.807, 2.05) is 24.3 Å². The van der Waals surface area contributed by atoms with Gasteiger partial charge in [0.15, 0.2) is 0 Å². The number of methoxy groups -OCH3 is 1. The molecule has 3 rings (SSSR count). The number of ketones is 1. The summed E-state index contributed by atoms with van der Waals surface area (Å²) in [5.74, 6) is 2.10. The van der Waals surface area contributed by atoms with Crippen molar-refractivity contribution in [3.63, 3.8) is 0 Å². The van der Waals surface area contributed by atoms with Crippen LogP contribution in [-0.4, -0.2) is 19.0 Å². The number of carbonyl (C=O) groups is 1. The third-order valence-electron chi connectivity index (χ3n) is 4.52. The zero-order chi connectivity index (χ0) is 13.2. The number of rotatable bonds is 4. The van der Waals surface area contributed by atoms with Crippen LogP contribution in [0.15, 0.2) is 24.3 Å². The number of ether oxygens (including phenoxy) is 2. The molecular weight excluding hydrogens is 240 g/mol. The van der Waals surface area contributed by atoms with Crippen LogP contribution < -0.4 is 4.74 Å². The van der Waals surface area contributed by atoms with E-state index < -0.39 is 0 Å². The molecule has 0 aliphatic heterocycles. The molecule has 2 aliphatic rings. The average molecular weight is 260 g/mol. The molecule has 2 aliphatic carbocycles. The van der Waals surface area contributed by atoms with E-state index in [-0.39, 0.29) is 6.10 Å². The first kappa shape index (κ1) is 12.7. The fourth-order valence-corrected chi connectivity index (χ4v) is 3.44. The summed E-state index contributed by atoms with van der Waals surface area (Å²) in [5.41, 5.74) is 1.16. The molecule has 3 atom stereocenters. The summed E-state index contributed by atoms with van der Waals surface area (Å²) in [6, 6.07) is 7.97. The molecule has 0 aromatic heterocycles. The number of fused-ring (bicyclic) bond motifs is 1. The summed E-state index contributed by atoms with van der Waals surface area (Å²) in [4.78, 5) is 11.7. The van der Waals surface area contributed by atoms with Gasteiger partial charge in [-0.2, -0.15) is 0 Å². The normalized spacial score (nSPS) is 29.5. The molecule has 0 N–H and O–H groups in total. The lowest BCUT2D eigenvalue weighted by atomic mass is 9.99. The topological polar surface area (TPSA) is 35.5 Å². The summed E-state index contributed by atoms with van der Waals surface area (Å²) in [7, 11) is 1.67. The maximum Gasteiger partial charge on any atom is 0.136 e. The lowest BCUT2D eigenvalue weighted by Crippen LogP contribution is -2.20. The third-order valence-corrected chi connectivity index (χ3v) is 4.52. The molecule has 102 valence electrons. The van der Waals surface area contributed by atoms with Gasteiger partial charge in [-0.25, -0.2) is 0 Å². The van der Waals surface area contributed by atoms with Crippen molar-refractivity contribution in [2.45, 2.75) is 38.4 Å². The van der Waals surface area contributed by atoms with Gasteiger partial charge in [-0.1, -0.05) is 12.1 Å². The van der Waals surface area contributed by atoms with E-state index in [4.69, 9.17) is 9.47 Å². The van der Waals surface area contributed by atoms with Crippen LogP contribution in [0.1, 0.15) is 31.2 Å². The zero-order valence-corrected chi connectivity index (χ0v) is 11.3. The maximum atomic E-state index is 11.7. The quantitative estimate of drug-likeness (QED) is 0.835. The lowest BCUT2D eigenvalue weighted by molar-refractivity contribution is -0.121. The highest BCUT2D eigenvalue weighted by atomic mass is 16.5. The molecule has 0 bridgehead atoms. The van der Waals surface area contributed by atoms with Gasteiger partial charge >= 0.3 is 0 Å². The van der Waals surface area contributed by atoms with E-state index in [2.05, 4.69) is 0 Å². The van der Waals surface area contributed by atoms with E-state index >= 15 is 0 Å². The Hall–Kier alpha value is -1.35. The molecule has 19 heavy (non-hydrogen) atoms. The Kier molecular flexibility index (Phi) is 3.56. The summed E-state index contributed by atoms with van der Waals surface area (Å²) >= 11 is 0. The van der Waals surface area contributed by atoms with Crippen LogP contribution in [-0.2, 0) is 16.1 Å². The van der Waals surface area contributed by atoms with Crippen molar-refractivity contribution in [3.8, 4) is 5.75 Å². The molecule has 3 nitrogen and oxygen atoms in total. The van der Waals surface area contributed by atoms with E-state index in [0.717, 1.165) is 37.0 Å². The van der Waals surface area contributed by atoms with Crippen molar-refractivity contribution in [2.75, 3.05) is 7.11 Å². The van der Waals surface area contributed by atoms with Crippen molar-refractivity contribution in [3.05, 3.63) is 29.8 Å². The van der Waals surface area contributed by atoms with Gasteiger partial charge in [0, 0.05) is 12.3 Å². The molecule has 1 aromatic carbocycles. The predicted octanol–water partition coefficient (Wildman–Crippen LogP) is 2.97. The number of benzene rings is 1. The second-order valence-corrected chi connectivity index (χ2v) is 5.55. The SMILES string of the molecule is COc1ccc(COC2CC[C@@H]3C(=O)CC[C@H]23)cc1. The van der Waals surface area contributed by atoms with Gasteiger partial charge in [0.2, 0.25) is 0 Å². The first-order valence-electron chi connectivity index (χ1n) is 7.05. The first-order valence-corrected chi connectivity index (χ1v) is 7.05. The second kappa shape index (κ2) is 5.33. The monoisotopic (exact) mass is 260 g/mol. The van der Waals surface area contributed by atoms with Gasteiger partial charge in [-0.3, -0.25) is 4.79 Å². The zero-order valence-electron chi connectivity index (χ0n) is 11.3. The standard InChI is InChI=1S/C16H20O3/c1-18-12-4-2-11(3-5-12)10-19-16-9-7-13-14(16)6-8-15(13)17/h2-5,13-14,16H,6-10H2,1H3/t13-,14-,16?/m0/s1. The Morgan fingerprint density at radius 1 is 1.16 bits per heavy atom. The van der Waals surface area contributed by atoms with Crippen LogP contribution in [0, 0.1) is 11.8 Å². The smallest absolute Gasteiger partial charge is 0.136 e. The number of Topliss-reactive ketones (excluding diaryl/α,β-unsaturated/α-hetero) is 1. The van der Waals surface area contributed by atoms with E-state index in [9.17, 15) is 4.79 Å². The molecule has 3 heteroatoms. The lowest BCUT2D eigenvalue weighted by Gasteiger charge is -2.18. The Bertz CT molecular complexity index is 452. The van der Waals surface area contributed by atoms with Crippen LogP contribution in [0.2, 0.25) is 0 Å². The van der Waals surface area contributed by atoms with Crippen LogP contribution in [0.3, 0.4) is 0 Å². The molecule has 0 radical (unpaired) electrons. The fraction of sp³-hybridized carbons (Fsp3) is 0.562. The minimum Gasteiger partial charge on any atom is -0.497 e. The molecule has 1 unspecified atom stereocenters. The van der Waals surface area contributed by atoms with Crippen LogP contribution in [0.25, 0.3) is 0 Å². The van der Waals surface area contributed by atoms with Crippen molar-refractivity contribution >= 4 is 5.78 Å². The summed E-state index contributed by atoms with van der Waals surface area (Å²) in [5, 5.41) is 0. The third kappa shape index (κ3) is 2.52. The predicted molar refractivity (Wildman–Crippen MR) is 72.0 cm³/mol. The molecule has 0 saturated heterocycles. The van der Waals surface area contributed by atoms with Crippen molar-refractivity contribution in [1.82, 2.24) is 0 Å². The van der Waals surface area contributed by atoms with Crippen molar-refractivity contribution < 1.29 is 14.3 Å². The fourth-order valence-electron chi connectivity index (χ4n) is 3.44. The minimum atomic E-state index is 0.276. The van der Waals surface area contributed by atoms with Crippen LogP contribution in [0.5, 0.6) is 5.75 Å². The van der Waals surface area contributed by atoms with Crippen molar-refractivity contribution in [1.29, 1.82) is 0 Å². The maximum absolute atomic E-state index is 11.7. The second-order valence-electron chi connectivity index (χ2n) is 5.55. The highest BCUT2D eigenvalue weighted by Gasteiger charge is 2.44. The van der Waals surface area contributed by atoms with E-state index in [1.54, 1.807) is 7.11 Å². The van der Waals surface area contributed by atoms with E-state index in [0.29, 0.717) is 24.2 Å². The number of carbonyl (C=O) groups excluding carboxylic acids is 1. The Labute approximate surface area is 113 Å². The molecule has 0 spiro atoms. The minimum absolute atomic E-state index is 0.276. The molecule has 1 aromatic rings. The summed E-state index contributed by atoms with van der Waals surface area (Å²) < 4.78 is 11.2. The van der Waals surface area contributed by atoms with Crippen molar-refractivity contribution in [2.24, 2.45) is 11.8 Å². The Morgan fingerprint density at radius 3 is 2.68 bits per heavy atom. The Morgan fingerprint density at radius 2 is 1.95 bits per heavy atom. The highest BCUT2D eigenvalue weighted by molar-refractivity contribution is 5.83. The van der Waals surface area contributed by atoms with Gasteiger partial charge in [-0.15, -0.1) is 0 Å². The highest BCUT2D eigenvalue weighted by Crippen LogP contribution is 2.43. The van der Waals surface area contributed by atoms with Gasteiger partial charge in [0.25, 0.3) is 0 Å².